The quantitative estimate of drug-likeness (QED) is 0.900. The van der Waals surface area contributed by atoms with Gasteiger partial charge < -0.3 is 10.0 Å². The van der Waals surface area contributed by atoms with E-state index in [1.807, 2.05) is 0 Å². The minimum absolute atomic E-state index is 0.267. The maximum Gasteiger partial charge on any atom is 0.338 e. The van der Waals surface area contributed by atoms with Crippen molar-refractivity contribution in [3.63, 3.8) is 0 Å². The molecule has 0 radical (unpaired) electrons. The molecule has 1 atom stereocenters. The minimum Gasteiger partial charge on any atom is -0.478 e. The third-order valence-corrected chi connectivity index (χ3v) is 3.65. The van der Waals surface area contributed by atoms with E-state index in [2.05, 4.69) is 23.9 Å². The summed E-state index contributed by atoms with van der Waals surface area (Å²) in [5.74, 6) is -1.88. The summed E-state index contributed by atoms with van der Waals surface area (Å²) < 4.78 is 13.6. The summed E-state index contributed by atoms with van der Waals surface area (Å²) in [5.41, 5.74) is 0.554. The number of nitrogens with zero attached hydrogens (tertiary/aromatic N) is 2. The summed E-state index contributed by atoms with van der Waals surface area (Å²) in [6.45, 7) is 2.63. The molecule has 0 saturated carbocycles. The topological polar surface area (TPSA) is 43.8 Å². The van der Waals surface area contributed by atoms with E-state index < -0.39 is 11.8 Å². The van der Waals surface area contributed by atoms with Crippen molar-refractivity contribution in [3.05, 3.63) is 35.1 Å². The first-order valence-electron chi connectivity index (χ1n) is 6.38. The molecule has 4 nitrogen and oxygen atoms in total. The standard InChI is InChI=1S/C14H19FN2O2/c1-16(2)11-5-6-17(9-11)8-10-3-4-12(14(18)19)13(15)7-10/h3-4,7,11H,5-6,8-9H2,1-2H3,(H,18,19). The fourth-order valence-electron chi connectivity index (χ4n) is 2.47. The molecule has 1 fully saturated rings. The Morgan fingerprint density at radius 2 is 2.26 bits per heavy atom. The van der Waals surface area contributed by atoms with Crippen LogP contribution in [0.1, 0.15) is 22.3 Å². The molecular weight excluding hydrogens is 247 g/mol. The van der Waals surface area contributed by atoms with Crippen molar-refractivity contribution < 1.29 is 14.3 Å². The first kappa shape index (κ1) is 14.0. The molecule has 0 aliphatic carbocycles. The van der Waals surface area contributed by atoms with Gasteiger partial charge in [-0.1, -0.05) is 6.07 Å². The van der Waals surface area contributed by atoms with Crippen molar-refractivity contribution >= 4 is 5.97 Å². The summed E-state index contributed by atoms with van der Waals surface area (Å²) in [5, 5.41) is 8.78. The molecule has 0 aromatic heterocycles. The Balaban J connectivity index is 2.01. The van der Waals surface area contributed by atoms with Crippen molar-refractivity contribution in [2.24, 2.45) is 0 Å². The second-order valence-corrected chi connectivity index (χ2v) is 5.26. The molecule has 1 unspecified atom stereocenters. The number of rotatable bonds is 4. The first-order valence-corrected chi connectivity index (χ1v) is 6.38. The Bertz CT molecular complexity index is 477. The molecule has 1 aromatic rings. The molecule has 0 amide bonds. The fraction of sp³-hybridized carbons (Fsp3) is 0.500. The van der Waals surface area contributed by atoms with Gasteiger partial charge in [-0.05, 0) is 38.2 Å². The Hall–Kier alpha value is -1.46. The number of halogens is 1. The molecule has 0 spiro atoms. The molecule has 0 bridgehead atoms. The maximum atomic E-state index is 13.6. The Morgan fingerprint density at radius 3 is 2.79 bits per heavy atom. The van der Waals surface area contributed by atoms with Gasteiger partial charge in [-0.25, -0.2) is 9.18 Å². The van der Waals surface area contributed by atoms with Crippen molar-refractivity contribution in [2.75, 3.05) is 27.2 Å². The van der Waals surface area contributed by atoms with E-state index in [0.29, 0.717) is 12.6 Å². The van der Waals surface area contributed by atoms with E-state index in [0.717, 1.165) is 25.1 Å². The van der Waals surface area contributed by atoms with Crippen molar-refractivity contribution in [2.45, 2.75) is 19.0 Å². The molecule has 1 aromatic carbocycles. The Morgan fingerprint density at radius 1 is 1.53 bits per heavy atom. The average molecular weight is 266 g/mol. The van der Waals surface area contributed by atoms with Crippen LogP contribution in [0.25, 0.3) is 0 Å². The van der Waals surface area contributed by atoms with Crippen LogP contribution in [0, 0.1) is 5.82 Å². The van der Waals surface area contributed by atoms with Gasteiger partial charge in [0.2, 0.25) is 0 Å². The van der Waals surface area contributed by atoms with Crippen LogP contribution in [0.2, 0.25) is 0 Å². The van der Waals surface area contributed by atoms with Gasteiger partial charge in [0.1, 0.15) is 5.82 Å². The van der Waals surface area contributed by atoms with Crippen molar-refractivity contribution in [1.82, 2.24) is 9.80 Å². The van der Waals surface area contributed by atoms with Gasteiger partial charge in [-0.2, -0.15) is 0 Å². The SMILES string of the molecule is CN(C)C1CCN(Cc2ccc(C(=O)O)c(F)c2)C1. The number of likely N-dealkylation sites (tertiary alicyclic amines) is 1. The lowest BCUT2D eigenvalue weighted by Crippen LogP contribution is -2.31. The Kier molecular flexibility index (Phi) is 4.17. The highest BCUT2D eigenvalue weighted by Crippen LogP contribution is 2.18. The molecule has 2 rings (SSSR count). The van der Waals surface area contributed by atoms with E-state index in [1.165, 1.54) is 12.1 Å². The smallest absolute Gasteiger partial charge is 0.338 e. The van der Waals surface area contributed by atoms with E-state index in [1.54, 1.807) is 6.07 Å². The lowest BCUT2D eigenvalue weighted by atomic mass is 10.1. The molecule has 1 aliphatic rings. The predicted octanol–water partition coefficient (Wildman–Crippen LogP) is 1.66. The summed E-state index contributed by atoms with van der Waals surface area (Å²) in [7, 11) is 4.13. The van der Waals surface area contributed by atoms with Gasteiger partial charge in [-0.3, -0.25) is 4.90 Å². The molecule has 5 heteroatoms. The number of likely N-dealkylation sites (N-methyl/N-ethyl adjacent to an activating group) is 1. The number of hydrogen-bond donors (Lipinski definition) is 1. The molecule has 1 aliphatic heterocycles. The molecule has 1 N–H and O–H groups in total. The zero-order valence-corrected chi connectivity index (χ0v) is 11.3. The van der Waals surface area contributed by atoms with Crippen LogP contribution in [-0.4, -0.2) is 54.1 Å². The highest BCUT2D eigenvalue weighted by molar-refractivity contribution is 5.87. The van der Waals surface area contributed by atoms with Crippen molar-refractivity contribution in [1.29, 1.82) is 0 Å². The van der Waals surface area contributed by atoms with E-state index >= 15 is 0 Å². The molecule has 1 saturated heterocycles. The van der Waals surface area contributed by atoms with E-state index in [9.17, 15) is 9.18 Å². The molecule has 104 valence electrons. The summed E-state index contributed by atoms with van der Waals surface area (Å²) in [6, 6.07) is 4.90. The van der Waals surface area contributed by atoms with E-state index in [-0.39, 0.29) is 5.56 Å². The summed E-state index contributed by atoms with van der Waals surface area (Å²) in [4.78, 5) is 15.2. The third-order valence-electron chi connectivity index (χ3n) is 3.65. The van der Waals surface area contributed by atoms with Gasteiger partial charge in [0.05, 0.1) is 5.56 Å². The first-order chi connectivity index (χ1) is 8.97. The highest BCUT2D eigenvalue weighted by Gasteiger charge is 2.24. The van der Waals surface area contributed by atoms with Crippen LogP contribution >= 0.6 is 0 Å². The zero-order chi connectivity index (χ0) is 14.0. The number of carbonyl (C=O) groups is 1. The molecule has 1 heterocycles. The second kappa shape index (κ2) is 5.67. The van der Waals surface area contributed by atoms with E-state index in [4.69, 9.17) is 5.11 Å². The molecular formula is C14H19FN2O2. The monoisotopic (exact) mass is 266 g/mol. The maximum absolute atomic E-state index is 13.6. The van der Waals surface area contributed by atoms with Gasteiger partial charge in [-0.15, -0.1) is 0 Å². The number of carboxylic acids is 1. The lowest BCUT2D eigenvalue weighted by Gasteiger charge is -2.20. The van der Waals surface area contributed by atoms with Crippen LogP contribution in [0.15, 0.2) is 18.2 Å². The summed E-state index contributed by atoms with van der Waals surface area (Å²) in [6.07, 6.45) is 1.11. The van der Waals surface area contributed by atoms with Crippen LogP contribution in [0.4, 0.5) is 4.39 Å². The summed E-state index contributed by atoms with van der Waals surface area (Å²) >= 11 is 0. The van der Waals surface area contributed by atoms with Gasteiger partial charge in [0, 0.05) is 25.7 Å². The number of aromatic carboxylic acids is 1. The third kappa shape index (κ3) is 3.30. The number of carboxylic acid groups (broad SMARTS) is 1. The Labute approximate surface area is 112 Å². The zero-order valence-electron chi connectivity index (χ0n) is 11.3. The highest BCUT2D eigenvalue weighted by atomic mass is 19.1. The van der Waals surface area contributed by atoms with Crippen LogP contribution in [-0.2, 0) is 6.54 Å². The van der Waals surface area contributed by atoms with Crippen molar-refractivity contribution in [3.8, 4) is 0 Å². The van der Waals surface area contributed by atoms with Crippen LogP contribution in [0.5, 0.6) is 0 Å². The molecule has 19 heavy (non-hydrogen) atoms. The van der Waals surface area contributed by atoms with Gasteiger partial charge in [0.25, 0.3) is 0 Å². The average Bonchev–Trinajstić information content (AvgIpc) is 2.77. The number of hydrogen-bond acceptors (Lipinski definition) is 3. The van der Waals surface area contributed by atoms with Gasteiger partial charge in [0.15, 0.2) is 0 Å². The fourth-order valence-corrected chi connectivity index (χ4v) is 2.47. The predicted molar refractivity (Wildman–Crippen MR) is 70.7 cm³/mol. The van der Waals surface area contributed by atoms with Crippen LogP contribution in [0.3, 0.4) is 0 Å². The second-order valence-electron chi connectivity index (χ2n) is 5.26. The minimum atomic E-state index is -1.22. The largest absolute Gasteiger partial charge is 0.478 e. The van der Waals surface area contributed by atoms with Crippen LogP contribution < -0.4 is 0 Å². The van der Waals surface area contributed by atoms with Gasteiger partial charge >= 0.3 is 5.97 Å². The lowest BCUT2D eigenvalue weighted by molar-refractivity contribution is 0.0692. The normalized spacial score (nSPS) is 20.1. The number of benzene rings is 1.